The van der Waals surface area contributed by atoms with E-state index in [9.17, 15) is 9.59 Å². The average molecular weight is 297 g/mol. The zero-order chi connectivity index (χ0) is 15.7. The van der Waals surface area contributed by atoms with Crippen molar-refractivity contribution in [1.82, 2.24) is 4.98 Å². The standard InChI is InChI=1S/C16H15N3O3/c1-19(2)12-5-3-4-10(8-12)15(20)17-11-6-7-13-14(9-11)22-16(21)18-13/h3-9H,1-2H3,(H,17,20)(H,18,21). The van der Waals surface area contributed by atoms with Crippen molar-refractivity contribution in [3.8, 4) is 0 Å². The number of aromatic amines is 1. The number of rotatable bonds is 3. The molecule has 0 aliphatic carbocycles. The van der Waals surface area contributed by atoms with Gasteiger partial charge in [0.2, 0.25) is 0 Å². The predicted octanol–water partition coefficient (Wildman–Crippen LogP) is 2.44. The topological polar surface area (TPSA) is 78.3 Å². The molecule has 0 aliphatic heterocycles. The first kappa shape index (κ1) is 13.9. The Morgan fingerprint density at radius 1 is 1.18 bits per heavy atom. The normalized spacial score (nSPS) is 10.6. The van der Waals surface area contributed by atoms with E-state index in [0.717, 1.165) is 5.69 Å². The van der Waals surface area contributed by atoms with Gasteiger partial charge in [0.1, 0.15) is 0 Å². The van der Waals surface area contributed by atoms with Crippen molar-refractivity contribution < 1.29 is 9.21 Å². The lowest BCUT2D eigenvalue weighted by Gasteiger charge is -2.13. The number of nitrogens with one attached hydrogen (secondary N) is 2. The Balaban J connectivity index is 1.86. The van der Waals surface area contributed by atoms with Gasteiger partial charge in [-0.25, -0.2) is 4.79 Å². The van der Waals surface area contributed by atoms with Crippen LogP contribution in [-0.4, -0.2) is 25.0 Å². The van der Waals surface area contributed by atoms with Gasteiger partial charge in [0.25, 0.3) is 5.91 Å². The second-order valence-corrected chi connectivity index (χ2v) is 5.12. The van der Waals surface area contributed by atoms with E-state index < -0.39 is 5.76 Å². The van der Waals surface area contributed by atoms with Crippen LogP contribution in [0.5, 0.6) is 0 Å². The molecule has 6 heteroatoms. The number of aromatic nitrogens is 1. The Morgan fingerprint density at radius 3 is 2.77 bits per heavy atom. The minimum Gasteiger partial charge on any atom is -0.408 e. The van der Waals surface area contributed by atoms with Crippen LogP contribution in [-0.2, 0) is 0 Å². The summed E-state index contributed by atoms with van der Waals surface area (Å²) in [5.74, 6) is -0.738. The molecule has 0 spiro atoms. The van der Waals surface area contributed by atoms with Gasteiger partial charge in [-0.3, -0.25) is 9.78 Å². The second-order valence-electron chi connectivity index (χ2n) is 5.12. The van der Waals surface area contributed by atoms with Gasteiger partial charge < -0.3 is 14.6 Å². The number of anilines is 2. The first-order valence-electron chi connectivity index (χ1n) is 6.74. The van der Waals surface area contributed by atoms with E-state index in [1.54, 1.807) is 24.3 Å². The largest absolute Gasteiger partial charge is 0.417 e. The van der Waals surface area contributed by atoms with Crippen molar-refractivity contribution in [2.75, 3.05) is 24.3 Å². The Morgan fingerprint density at radius 2 is 2.00 bits per heavy atom. The molecule has 0 saturated heterocycles. The van der Waals surface area contributed by atoms with Crippen LogP contribution in [0.25, 0.3) is 11.1 Å². The molecular formula is C16H15N3O3. The summed E-state index contributed by atoms with van der Waals surface area (Å²) in [7, 11) is 3.83. The van der Waals surface area contributed by atoms with Crippen molar-refractivity contribution in [3.63, 3.8) is 0 Å². The van der Waals surface area contributed by atoms with Gasteiger partial charge in [-0.15, -0.1) is 0 Å². The van der Waals surface area contributed by atoms with Crippen LogP contribution < -0.4 is 16.0 Å². The fourth-order valence-corrected chi connectivity index (χ4v) is 2.15. The quantitative estimate of drug-likeness (QED) is 0.778. The molecule has 0 saturated carbocycles. The van der Waals surface area contributed by atoms with Crippen LogP contribution in [0.2, 0.25) is 0 Å². The number of fused-ring (bicyclic) bond motifs is 1. The van der Waals surface area contributed by atoms with E-state index in [1.807, 2.05) is 37.2 Å². The van der Waals surface area contributed by atoms with E-state index in [4.69, 9.17) is 4.42 Å². The van der Waals surface area contributed by atoms with Gasteiger partial charge >= 0.3 is 5.76 Å². The monoisotopic (exact) mass is 297 g/mol. The summed E-state index contributed by atoms with van der Waals surface area (Å²) in [6, 6.07) is 12.3. The highest BCUT2D eigenvalue weighted by molar-refractivity contribution is 6.05. The Kier molecular flexibility index (Phi) is 3.42. The average Bonchev–Trinajstić information content (AvgIpc) is 2.86. The van der Waals surface area contributed by atoms with Crippen LogP contribution in [0.1, 0.15) is 10.4 Å². The van der Waals surface area contributed by atoms with E-state index in [2.05, 4.69) is 10.3 Å². The maximum Gasteiger partial charge on any atom is 0.417 e. The molecule has 112 valence electrons. The third kappa shape index (κ3) is 2.71. The van der Waals surface area contributed by atoms with E-state index in [-0.39, 0.29) is 5.91 Å². The summed E-state index contributed by atoms with van der Waals surface area (Å²) < 4.78 is 4.98. The van der Waals surface area contributed by atoms with Crippen LogP contribution in [0.3, 0.4) is 0 Å². The number of benzene rings is 2. The summed E-state index contributed by atoms with van der Waals surface area (Å²) in [4.78, 5) is 27.9. The molecule has 0 bridgehead atoms. The number of oxazole rings is 1. The lowest BCUT2D eigenvalue weighted by molar-refractivity contribution is 0.102. The maximum absolute atomic E-state index is 12.3. The summed E-state index contributed by atoms with van der Waals surface area (Å²) in [5.41, 5.74) is 3.07. The molecule has 2 N–H and O–H groups in total. The summed E-state index contributed by atoms with van der Waals surface area (Å²) in [6.07, 6.45) is 0. The van der Waals surface area contributed by atoms with Crippen LogP contribution in [0, 0.1) is 0 Å². The minimum absolute atomic E-state index is 0.221. The summed E-state index contributed by atoms with van der Waals surface area (Å²) in [6.45, 7) is 0. The Bertz CT molecular complexity index is 893. The zero-order valence-electron chi connectivity index (χ0n) is 12.2. The number of hydrogen-bond acceptors (Lipinski definition) is 4. The molecule has 0 fully saturated rings. The molecule has 0 unspecified atom stereocenters. The molecule has 22 heavy (non-hydrogen) atoms. The van der Waals surface area contributed by atoms with Gasteiger partial charge in [0.15, 0.2) is 5.58 Å². The number of H-pyrrole nitrogens is 1. The molecule has 1 amide bonds. The van der Waals surface area contributed by atoms with Gasteiger partial charge in [0.05, 0.1) is 5.52 Å². The number of carbonyl (C=O) groups is 1. The van der Waals surface area contributed by atoms with Crippen molar-refractivity contribution >= 4 is 28.4 Å². The van der Waals surface area contributed by atoms with Crippen molar-refractivity contribution in [2.45, 2.75) is 0 Å². The molecule has 1 aromatic heterocycles. The fourth-order valence-electron chi connectivity index (χ4n) is 2.15. The Hall–Kier alpha value is -3.02. The third-order valence-electron chi connectivity index (χ3n) is 3.30. The zero-order valence-corrected chi connectivity index (χ0v) is 12.2. The maximum atomic E-state index is 12.3. The molecule has 0 radical (unpaired) electrons. The van der Waals surface area contributed by atoms with Gasteiger partial charge in [-0.1, -0.05) is 6.07 Å². The summed E-state index contributed by atoms with van der Waals surface area (Å²) >= 11 is 0. The van der Waals surface area contributed by atoms with E-state index in [0.29, 0.717) is 22.4 Å². The lowest BCUT2D eigenvalue weighted by atomic mass is 10.1. The number of amides is 1. The van der Waals surface area contributed by atoms with Crippen molar-refractivity contribution in [3.05, 3.63) is 58.6 Å². The second kappa shape index (κ2) is 5.40. The molecule has 3 aromatic rings. The SMILES string of the molecule is CN(C)c1cccc(C(=O)Nc2ccc3[nH]c(=O)oc3c2)c1. The highest BCUT2D eigenvalue weighted by atomic mass is 16.4. The molecule has 0 aliphatic rings. The molecule has 2 aromatic carbocycles. The third-order valence-corrected chi connectivity index (χ3v) is 3.30. The van der Waals surface area contributed by atoms with Gasteiger partial charge in [-0.05, 0) is 30.3 Å². The van der Waals surface area contributed by atoms with E-state index in [1.165, 1.54) is 0 Å². The van der Waals surface area contributed by atoms with Crippen LogP contribution in [0.4, 0.5) is 11.4 Å². The fraction of sp³-hybridized carbons (Fsp3) is 0.125. The minimum atomic E-state index is -0.517. The van der Waals surface area contributed by atoms with Crippen LogP contribution >= 0.6 is 0 Å². The van der Waals surface area contributed by atoms with E-state index >= 15 is 0 Å². The summed E-state index contributed by atoms with van der Waals surface area (Å²) in [5, 5.41) is 2.79. The molecule has 1 heterocycles. The highest BCUT2D eigenvalue weighted by Gasteiger charge is 2.09. The van der Waals surface area contributed by atoms with Crippen LogP contribution in [0.15, 0.2) is 51.7 Å². The molecular weight excluding hydrogens is 282 g/mol. The Labute approximate surface area is 126 Å². The van der Waals surface area contributed by atoms with Gasteiger partial charge in [-0.2, -0.15) is 0 Å². The van der Waals surface area contributed by atoms with Crippen molar-refractivity contribution in [2.24, 2.45) is 0 Å². The lowest BCUT2D eigenvalue weighted by Crippen LogP contribution is -2.14. The smallest absolute Gasteiger partial charge is 0.408 e. The first-order valence-corrected chi connectivity index (χ1v) is 6.74. The number of nitrogens with zero attached hydrogens (tertiary/aromatic N) is 1. The van der Waals surface area contributed by atoms with Crippen molar-refractivity contribution in [1.29, 1.82) is 0 Å². The molecule has 6 nitrogen and oxygen atoms in total. The predicted molar refractivity (Wildman–Crippen MR) is 85.6 cm³/mol. The number of hydrogen-bond donors (Lipinski definition) is 2. The van der Waals surface area contributed by atoms with Gasteiger partial charge in [0, 0.05) is 37.1 Å². The first-order chi connectivity index (χ1) is 10.5. The molecule has 3 rings (SSSR count). The molecule has 0 atom stereocenters. The number of carbonyl (C=O) groups excluding carboxylic acids is 1. The highest BCUT2D eigenvalue weighted by Crippen LogP contribution is 2.18.